The predicted molar refractivity (Wildman–Crippen MR) is 154 cm³/mol. The van der Waals surface area contributed by atoms with Crippen LogP contribution >= 0.6 is 0 Å². The Morgan fingerprint density at radius 1 is 0.951 bits per heavy atom. The highest BCUT2D eigenvalue weighted by Gasteiger charge is 2.37. The molecule has 0 fully saturated rings. The molecule has 0 aliphatic heterocycles. The molecule has 0 unspecified atom stereocenters. The van der Waals surface area contributed by atoms with E-state index in [1.54, 1.807) is 54.9 Å². The summed E-state index contributed by atoms with van der Waals surface area (Å²) in [6.45, 7) is 7.06. The van der Waals surface area contributed by atoms with Crippen molar-refractivity contribution in [2.75, 3.05) is 20.2 Å². The third-order valence-corrected chi connectivity index (χ3v) is 6.82. The fourth-order valence-corrected chi connectivity index (χ4v) is 4.56. The van der Waals surface area contributed by atoms with Crippen LogP contribution in [0.5, 0.6) is 0 Å². The van der Waals surface area contributed by atoms with E-state index in [0.29, 0.717) is 16.8 Å². The van der Waals surface area contributed by atoms with Gasteiger partial charge in [-0.05, 0) is 42.4 Å². The standard InChI is InChI=1S/C31H34N6O4/c1-4-36(5-2)21-22-13-15-23(16-14-22)26-17-19-37(34-26)28(29(38)31(40)35-41-3)27(24-10-7-6-8-11-24)33-30(39)25-12-9-18-32-20-25/h6-20,27-28H,4-5,21H2,1-3H3,(H,33,39)(H,35,40)/t27-,28-/m1/s1. The minimum atomic E-state index is -1.22. The van der Waals surface area contributed by atoms with E-state index in [9.17, 15) is 14.4 Å². The lowest BCUT2D eigenvalue weighted by molar-refractivity contribution is -0.146. The SMILES string of the molecule is CCN(CC)Cc1ccc(-c2ccn([C@@H](C(=O)C(=O)NOC)[C@H](NC(=O)c3cccnc3)c3ccccc3)n2)cc1. The molecule has 0 spiro atoms. The van der Waals surface area contributed by atoms with E-state index in [4.69, 9.17) is 9.94 Å². The quantitative estimate of drug-likeness (QED) is 0.191. The minimum absolute atomic E-state index is 0.312. The van der Waals surface area contributed by atoms with Crippen LogP contribution in [0.4, 0.5) is 0 Å². The van der Waals surface area contributed by atoms with Crippen LogP contribution in [0, 0.1) is 0 Å². The number of nitrogens with zero attached hydrogens (tertiary/aromatic N) is 4. The Bertz CT molecular complexity index is 1440. The van der Waals surface area contributed by atoms with Gasteiger partial charge in [0.15, 0.2) is 0 Å². The third-order valence-electron chi connectivity index (χ3n) is 6.82. The first-order valence-electron chi connectivity index (χ1n) is 13.4. The Morgan fingerprint density at radius 2 is 1.68 bits per heavy atom. The van der Waals surface area contributed by atoms with Gasteiger partial charge in [0.1, 0.15) is 6.04 Å². The number of amides is 2. The predicted octanol–water partition coefficient (Wildman–Crippen LogP) is 3.75. The van der Waals surface area contributed by atoms with Crippen molar-refractivity contribution in [2.24, 2.45) is 0 Å². The van der Waals surface area contributed by atoms with E-state index in [1.807, 2.05) is 18.2 Å². The summed E-state index contributed by atoms with van der Waals surface area (Å²) >= 11 is 0. The number of carbonyl (C=O) groups excluding carboxylic acids is 3. The molecule has 10 heteroatoms. The van der Waals surface area contributed by atoms with Gasteiger partial charge in [-0.15, -0.1) is 0 Å². The van der Waals surface area contributed by atoms with Gasteiger partial charge in [-0.3, -0.25) is 33.8 Å². The van der Waals surface area contributed by atoms with Crippen molar-refractivity contribution in [3.63, 3.8) is 0 Å². The van der Waals surface area contributed by atoms with E-state index in [1.165, 1.54) is 23.6 Å². The molecule has 2 atom stereocenters. The first-order chi connectivity index (χ1) is 19.9. The maximum absolute atomic E-state index is 13.6. The van der Waals surface area contributed by atoms with Crippen LogP contribution in [0.25, 0.3) is 11.3 Å². The van der Waals surface area contributed by atoms with E-state index in [-0.39, 0.29) is 0 Å². The topological polar surface area (TPSA) is 118 Å². The molecule has 0 saturated heterocycles. The lowest BCUT2D eigenvalue weighted by Crippen LogP contribution is -2.44. The van der Waals surface area contributed by atoms with E-state index >= 15 is 0 Å². The summed E-state index contributed by atoms with van der Waals surface area (Å²) in [7, 11) is 1.24. The summed E-state index contributed by atoms with van der Waals surface area (Å²) in [6, 6.07) is 19.9. The number of rotatable bonds is 13. The number of benzene rings is 2. The van der Waals surface area contributed by atoms with Crippen molar-refractivity contribution in [2.45, 2.75) is 32.5 Å². The average Bonchev–Trinajstić information content (AvgIpc) is 3.50. The number of aromatic nitrogens is 3. The van der Waals surface area contributed by atoms with Gasteiger partial charge in [0.25, 0.3) is 5.91 Å². The van der Waals surface area contributed by atoms with E-state index < -0.39 is 29.7 Å². The lowest BCUT2D eigenvalue weighted by Gasteiger charge is -2.27. The number of hydroxylamine groups is 1. The van der Waals surface area contributed by atoms with Crippen LogP contribution in [0.15, 0.2) is 91.4 Å². The Morgan fingerprint density at radius 3 is 2.32 bits per heavy atom. The number of nitrogens with one attached hydrogen (secondary N) is 2. The maximum Gasteiger partial charge on any atom is 0.313 e. The molecule has 2 amide bonds. The summed E-state index contributed by atoms with van der Waals surface area (Å²) in [5.41, 5.74) is 5.69. The summed E-state index contributed by atoms with van der Waals surface area (Å²) in [4.78, 5) is 50.7. The van der Waals surface area contributed by atoms with Crippen molar-refractivity contribution in [3.8, 4) is 11.3 Å². The Kier molecular flexibility index (Phi) is 10.1. The van der Waals surface area contributed by atoms with E-state index in [2.05, 4.69) is 46.7 Å². The van der Waals surface area contributed by atoms with Gasteiger partial charge in [-0.1, -0.05) is 68.4 Å². The summed E-state index contributed by atoms with van der Waals surface area (Å²) in [5.74, 6) is -2.25. The molecule has 41 heavy (non-hydrogen) atoms. The molecule has 2 aromatic carbocycles. The first-order valence-corrected chi connectivity index (χ1v) is 13.4. The van der Waals surface area contributed by atoms with Gasteiger partial charge in [0, 0.05) is 30.7 Å². The minimum Gasteiger partial charge on any atom is -0.343 e. The highest BCUT2D eigenvalue weighted by molar-refractivity contribution is 6.37. The van der Waals surface area contributed by atoms with Crippen LogP contribution in [0.1, 0.15) is 47.4 Å². The number of hydrogen-bond donors (Lipinski definition) is 2. The number of carbonyl (C=O) groups is 3. The molecule has 212 valence electrons. The molecule has 10 nitrogen and oxygen atoms in total. The van der Waals surface area contributed by atoms with Crippen molar-refractivity contribution >= 4 is 17.6 Å². The van der Waals surface area contributed by atoms with Crippen molar-refractivity contribution < 1.29 is 19.2 Å². The van der Waals surface area contributed by atoms with Crippen molar-refractivity contribution in [1.29, 1.82) is 0 Å². The van der Waals surface area contributed by atoms with Crippen LogP contribution < -0.4 is 10.8 Å². The van der Waals surface area contributed by atoms with Crippen LogP contribution in [0.3, 0.4) is 0 Å². The first kappa shape index (κ1) is 29.3. The van der Waals surface area contributed by atoms with Crippen LogP contribution in [0.2, 0.25) is 0 Å². The molecule has 0 radical (unpaired) electrons. The highest BCUT2D eigenvalue weighted by Crippen LogP contribution is 2.29. The Hall–Kier alpha value is -4.67. The third kappa shape index (κ3) is 7.30. The zero-order valence-electron chi connectivity index (χ0n) is 23.4. The number of pyridine rings is 1. The fourth-order valence-electron chi connectivity index (χ4n) is 4.56. The molecular weight excluding hydrogens is 520 g/mol. The zero-order valence-corrected chi connectivity index (χ0v) is 23.4. The zero-order chi connectivity index (χ0) is 29.2. The molecule has 4 aromatic rings. The highest BCUT2D eigenvalue weighted by atomic mass is 16.6. The fraction of sp³-hybridized carbons (Fsp3) is 0.258. The number of Topliss-reactive ketones (excluding diaryl/α,β-unsaturated/α-hetero) is 1. The van der Waals surface area contributed by atoms with Gasteiger partial charge >= 0.3 is 5.91 Å². The molecule has 0 aliphatic rings. The van der Waals surface area contributed by atoms with Gasteiger partial charge < -0.3 is 5.32 Å². The molecule has 4 rings (SSSR count). The summed E-state index contributed by atoms with van der Waals surface area (Å²) in [6.07, 6.45) is 4.63. The maximum atomic E-state index is 13.6. The smallest absolute Gasteiger partial charge is 0.313 e. The second-order valence-electron chi connectivity index (χ2n) is 9.39. The molecular formula is C31H34N6O4. The molecule has 2 aromatic heterocycles. The summed E-state index contributed by atoms with van der Waals surface area (Å²) in [5, 5.41) is 7.62. The van der Waals surface area contributed by atoms with Crippen LogP contribution in [-0.4, -0.2) is 57.5 Å². The average molecular weight is 555 g/mol. The van der Waals surface area contributed by atoms with E-state index in [0.717, 1.165) is 25.2 Å². The largest absolute Gasteiger partial charge is 0.343 e. The second-order valence-corrected chi connectivity index (χ2v) is 9.39. The van der Waals surface area contributed by atoms with Gasteiger partial charge in [0.2, 0.25) is 5.78 Å². The number of hydrogen-bond acceptors (Lipinski definition) is 7. The van der Waals surface area contributed by atoms with Gasteiger partial charge in [-0.2, -0.15) is 5.10 Å². The van der Waals surface area contributed by atoms with Crippen molar-refractivity contribution in [1.82, 2.24) is 30.5 Å². The Labute approximate surface area is 239 Å². The molecule has 0 bridgehead atoms. The molecule has 0 aliphatic carbocycles. The van der Waals surface area contributed by atoms with Crippen LogP contribution in [-0.2, 0) is 21.0 Å². The normalized spacial score (nSPS) is 12.5. The van der Waals surface area contributed by atoms with Gasteiger partial charge in [-0.25, -0.2) is 5.48 Å². The number of ketones is 1. The Balaban J connectivity index is 1.71. The van der Waals surface area contributed by atoms with Crippen molar-refractivity contribution in [3.05, 3.63) is 108 Å². The molecule has 0 saturated carbocycles. The second kappa shape index (κ2) is 14.1. The molecule has 2 heterocycles. The summed E-state index contributed by atoms with van der Waals surface area (Å²) < 4.78 is 1.41. The molecule has 2 N–H and O–H groups in total. The van der Waals surface area contributed by atoms with Gasteiger partial charge in [0.05, 0.1) is 24.4 Å². The lowest BCUT2D eigenvalue weighted by atomic mass is 9.95. The monoisotopic (exact) mass is 554 g/mol.